The van der Waals surface area contributed by atoms with E-state index in [-0.39, 0.29) is 11.7 Å². The second kappa shape index (κ2) is 3.55. The lowest BCUT2D eigenvalue weighted by Crippen LogP contribution is -1.97. The molecular formula is C2H5ClN4. The van der Waals surface area contributed by atoms with Crippen LogP contribution in [0.25, 0.3) is 0 Å². The van der Waals surface area contributed by atoms with E-state index >= 15 is 0 Å². The predicted molar refractivity (Wildman–Crippen MR) is 27.5 cm³/mol. The van der Waals surface area contributed by atoms with Gasteiger partial charge in [-0.1, -0.05) is 0 Å². The van der Waals surface area contributed by atoms with Crippen LogP contribution in [-0.4, -0.2) is 11.7 Å². The zero-order valence-electron chi connectivity index (χ0n) is 3.56. The van der Waals surface area contributed by atoms with Crippen LogP contribution < -0.4 is 5.84 Å². The molecule has 0 fully saturated rings. The number of alkyl halides is 1. The summed E-state index contributed by atoms with van der Waals surface area (Å²) < 4.78 is 0. The standard InChI is InChI=1S/C2H5ClN4/c3-1-2(6-4)7-5/h4H,1,5H2/b6-4?,7-2-. The number of halogens is 1. The molecule has 0 radical (unpaired) electrons. The Hall–Kier alpha value is -0.640. The Kier molecular flexibility index (Phi) is 3.22. The van der Waals surface area contributed by atoms with Crippen molar-refractivity contribution in [1.29, 1.82) is 5.53 Å². The summed E-state index contributed by atoms with van der Waals surface area (Å²) >= 11 is 5.14. The smallest absolute Gasteiger partial charge is 0.184 e. The van der Waals surface area contributed by atoms with Gasteiger partial charge < -0.3 is 5.84 Å². The molecule has 40 valence electrons. The molecule has 0 saturated heterocycles. The first kappa shape index (κ1) is 6.36. The molecule has 0 aliphatic carbocycles. The number of rotatable bonds is 1. The van der Waals surface area contributed by atoms with Crippen molar-refractivity contribution in [2.75, 3.05) is 5.88 Å². The normalized spacial score (nSPS) is 11.3. The van der Waals surface area contributed by atoms with E-state index in [0.717, 1.165) is 0 Å². The molecule has 0 saturated carbocycles. The minimum atomic E-state index is 0.0972. The maximum Gasteiger partial charge on any atom is 0.184 e. The Morgan fingerprint density at radius 2 is 2.43 bits per heavy atom. The highest BCUT2D eigenvalue weighted by atomic mass is 35.5. The van der Waals surface area contributed by atoms with Crippen molar-refractivity contribution >= 4 is 17.4 Å². The van der Waals surface area contributed by atoms with Crippen molar-refractivity contribution in [3.05, 3.63) is 0 Å². The summed E-state index contributed by atoms with van der Waals surface area (Å²) in [6.07, 6.45) is 0. The molecule has 0 unspecified atom stereocenters. The molecule has 0 aromatic heterocycles. The summed E-state index contributed by atoms with van der Waals surface area (Å²) in [5, 5.41) is 5.92. The molecule has 0 spiro atoms. The number of nitrogens with two attached hydrogens (primary N) is 1. The van der Waals surface area contributed by atoms with Crippen LogP contribution in [0.2, 0.25) is 0 Å². The van der Waals surface area contributed by atoms with Crippen LogP contribution in [0.15, 0.2) is 10.2 Å². The molecule has 0 heterocycles. The van der Waals surface area contributed by atoms with Crippen LogP contribution in [0.1, 0.15) is 0 Å². The van der Waals surface area contributed by atoms with E-state index in [2.05, 4.69) is 16.1 Å². The monoisotopic (exact) mass is 120 g/mol. The number of amidine groups is 1. The summed E-state index contributed by atoms with van der Waals surface area (Å²) in [5.74, 6) is 4.92. The Morgan fingerprint density at radius 3 is 2.43 bits per heavy atom. The van der Waals surface area contributed by atoms with Gasteiger partial charge in [0.15, 0.2) is 5.84 Å². The third-order valence-electron chi connectivity index (χ3n) is 0.398. The summed E-state index contributed by atoms with van der Waals surface area (Å²) in [6, 6.07) is 0. The molecular weight excluding hydrogens is 116 g/mol. The Balaban J connectivity index is 3.60. The first-order valence-electron chi connectivity index (χ1n) is 1.55. The van der Waals surface area contributed by atoms with Crippen LogP contribution in [0, 0.1) is 5.53 Å². The molecule has 0 aliphatic rings. The SMILES string of the molecule is N=N/C(CCl)=N\N. The van der Waals surface area contributed by atoms with Crippen molar-refractivity contribution in [3.8, 4) is 0 Å². The largest absolute Gasteiger partial charge is 0.321 e. The van der Waals surface area contributed by atoms with Gasteiger partial charge in [-0.2, -0.15) is 5.10 Å². The van der Waals surface area contributed by atoms with E-state index in [4.69, 9.17) is 17.1 Å². The first-order valence-corrected chi connectivity index (χ1v) is 2.08. The van der Waals surface area contributed by atoms with Gasteiger partial charge in [-0.3, -0.25) is 0 Å². The second-order valence-corrected chi connectivity index (χ2v) is 1.06. The van der Waals surface area contributed by atoms with Crippen molar-refractivity contribution in [3.63, 3.8) is 0 Å². The molecule has 0 aromatic rings. The fourth-order valence-corrected chi connectivity index (χ4v) is 0.222. The number of nitrogens with one attached hydrogen (secondary N) is 1. The third-order valence-corrected chi connectivity index (χ3v) is 0.637. The molecule has 0 aliphatic heterocycles. The van der Waals surface area contributed by atoms with Crippen molar-refractivity contribution in [1.82, 2.24) is 0 Å². The Labute approximate surface area is 45.8 Å². The average molecular weight is 121 g/mol. The summed E-state index contributed by atoms with van der Waals surface area (Å²) in [5.41, 5.74) is 6.29. The topological polar surface area (TPSA) is 74.6 Å². The van der Waals surface area contributed by atoms with Gasteiger partial charge >= 0.3 is 0 Å². The van der Waals surface area contributed by atoms with Crippen LogP contribution >= 0.6 is 11.6 Å². The van der Waals surface area contributed by atoms with Crippen molar-refractivity contribution in [2.24, 2.45) is 16.1 Å². The minimum Gasteiger partial charge on any atom is -0.321 e. The maximum atomic E-state index is 6.29. The van der Waals surface area contributed by atoms with Crippen LogP contribution in [0.3, 0.4) is 0 Å². The number of nitrogens with zero attached hydrogens (tertiary/aromatic N) is 2. The highest BCUT2D eigenvalue weighted by Gasteiger charge is 1.86. The van der Waals surface area contributed by atoms with Crippen molar-refractivity contribution < 1.29 is 0 Å². The predicted octanol–water partition coefficient (Wildman–Crippen LogP) is 0.528. The fraction of sp³-hybridized carbons (Fsp3) is 0.500. The molecule has 4 nitrogen and oxygen atoms in total. The molecule has 0 atom stereocenters. The second-order valence-electron chi connectivity index (χ2n) is 0.791. The van der Waals surface area contributed by atoms with Gasteiger partial charge in [-0.05, 0) is 0 Å². The highest BCUT2D eigenvalue weighted by Crippen LogP contribution is 1.80. The zero-order valence-corrected chi connectivity index (χ0v) is 4.31. The minimum absolute atomic E-state index is 0.0972. The Morgan fingerprint density at radius 1 is 1.86 bits per heavy atom. The number of hydrogen-bond acceptors (Lipinski definition) is 3. The van der Waals surface area contributed by atoms with Gasteiger partial charge in [-0.25, -0.2) is 5.53 Å². The quantitative estimate of drug-likeness (QED) is 0.130. The van der Waals surface area contributed by atoms with Crippen LogP contribution in [0.5, 0.6) is 0 Å². The highest BCUT2D eigenvalue weighted by molar-refractivity contribution is 6.28. The van der Waals surface area contributed by atoms with Gasteiger partial charge in [0.05, 0.1) is 5.88 Å². The lowest BCUT2D eigenvalue weighted by molar-refractivity contribution is 1.13. The van der Waals surface area contributed by atoms with Crippen LogP contribution in [-0.2, 0) is 0 Å². The van der Waals surface area contributed by atoms with Gasteiger partial charge in [0.2, 0.25) is 0 Å². The molecule has 0 amide bonds. The van der Waals surface area contributed by atoms with E-state index in [1.54, 1.807) is 0 Å². The molecule has 7 heavy (non-hydrogen) atoms. The summed E-state index contributed by atoms with van der Waals surface area (Å²) in [7, 11) is 0. The molecule has 0 bridgehead atoms. The number of hydrogen-bond donors (Lipinski definition) is 2. The fourth-order valence-electron chi connectivity index (χ4n) is 0.0933. The van der Waals surface area contributed by atoms with Gasteiger partial charge in [-0.15, -0.1) is 16.7 Å². The van der Waals surface area contributed by atoms with Gasteiger partial charge in [0.25, 0.3) is 0 Å². The van der Waals surface area contributed by atoms with E-state index < -0.39 is 0 Å². The van der Waals surface area contributed by atoms with Gasteiger partial charge in [0, 0.05) is 0 Å². The summed E-state index contributed by atoms with van der Waals surface area (Å²) in [6.45, 7) is 0. The lowest BCUT2D eigenvalue weighted by Gasteiger charge is -1.82. The summed E-state index contributed by atoms with van der Waals surface area (Å²) in [4.78, 5) is 0. The number of hydrazone groups is 1. The molecule has 3 N–H and O–H groups in total. The van der Waals surface area contributed by atoms with E-state index in [1.807, 2.05) is 0 Å². The van der Waals surface area contributed by atoms with Crippen molar-refractivity contribution in [2.45, 2.75) is 0 Å². The van der Waals surface area contributed by atoms with E-state index in [9.17, 15) is 0 Å². The molecule has 0 rings (SSSR count). The average Bonchev–Trinajstić information content (AvgIpc) is 1.72. The maximum absolute atomic E-state index is 6.29. The van der Waals surface area contributed by atoms with Gasteiger partial charge in [0.1, 0.15) is 0 Å². The molecule has 5 heteroatoms. The third kappa shape index (κ3) is 2.11. The van der Waals surface area contributed by atoms with E-state index in [1.165, 1.54) is 0 Å². The van der Waals surface area contributed by atoms with E-state index in [0.29, 0.717) is 0 Å². The molecule has 0 aromatic carbocycles. The first-order chi connectivity index (χ1) is 3.35. The lowest BCUT2D eigenvalue weighted by atomic mass is 10.7. The Bertz CT molecular complexity index is 87.7. The van der Waals surface area contributed by atoms with Crippen LogP contribution in [0.4, 0.5) is 0 Å². The zero-order chi connectivity index (χ0) is 5.70.